The van der Waals surface area contributed by atoms with E-state index in [0.717, 1.165) is 10.9 Å². The molecule has 3 amide bonds. The van der Waals surface area contributed by atoms with Gasteiger partial charge in [-0.05, 0) is 36.4 Å². The van der Waals surface area contributed by atoms with Gasteiger partial charge in [-0.1, -0.05) is 6.07 Å². The lowest BCUT2D eigenvalue weighted by atomic mass is 10.2. The van der Waals surface area contributed by atoms with Crippen LogP contribution in [0.15, 0.2) is 67.0 Å². The van der Waals surface area contributed by atoms with Crippen molar-refractivity contribution in [1.82, 2.24) is 20.5 Å². The number of aromatic amines is 1. The van der Waals surface area contributed by atoms with Gasteiger partial charge in [0.05, 0.1) is 11.7 Å². The van der Waals surface area contributed by atoms with E-state index in [1.807, 2.05) is 12.1 Å². The van der Waals surface area contributed by atoms with Gasteiger partial charge in [0, 0.05) is 42.1 Å². The van der Waals surface area contributed by atoms with E-state index >= 15 is 0 Å². The fraction of sp³-hybridized carbons (Fsp3) is 0.0476. The van der Waals surface area contributed by atoms with Gasteiger partial charge in [-0.3, -0.25) is 14.9 Å². The van der Waals surface area contributed by atoms with Crippen LogP contribution in [0, 0.1) is 0 Å². The number of carbonyl (C=O) groups excluding carboxylic acids is 2. The zero-order valence-electron chi connectivity index (χ0n) is 16.0. The molecule has 9 nitrogen and oxygen atoms in total. The molecule has 0 fully saturated rings. The van der Waals surface area contributed by atoms with Crippen LogP contribution in [-0.2, 0) is 0 Å². The number of fused-ring (bicyclic) bond motifs is 1. The zero-order valence-corrected chi connectivity index (χ0v) is 16.0. The molecule has 0 aliphatic rings. The number of aromatic nitrogens is 3. The molecular weight excluding hydrogens is 384 g/mol. The number of hydrogen-bond donors (Lipinski definition) is 4. The van der Waals surface area contributed by atoms with Gasteiger partial charge in [-0.2, -0.15) is 5.10 Å². The first-order valence-corrected chi connectivity index (χ1v) is 9.08. The van der Waals surface area contributed by atoms with Gasteiger partial charge >= 0.3 is 6.03 Å². The quantitative estimate of drug-likeness (QED) is 0.405. The Bertz CT molecular complexity index is 1220. The second-order valence-corrected chi connectivity index (χ2v) is 6.34. The number of nitrogens with zero attached hydrogens (tertiary/aromatic N) is 2. The van der Waals surface area contributed by atoms with Crippen LogP contribution < -0.4 is 20.7 Å². The Kier molecular flexibility index (Phi) is 5.25. The highest BCUT2D eigenvalue weighted by atomic mass is 16.5. The van der Waals surface area contributed by atoms with Gasteiger partial charge in [-0.15, -0.1) is 0 Å². The molecule has 0 spiro atoms. The Morgan fingerprint density at radius 2 is 1.77 bits per heavy atom. The molecule has 0 bridgehead atoms. The molecule has 0 aliphatic carbocycles. The lowest BCUT2D eigenvalue weighted by Crippen LogP contribution is -2.19. The van der Waals surface area contributed by atoms with Gasteiger partial charge in [0.1, 0.15) is 17.2 Å². The van der Waals surface area contributed by atoms with Gasteiger partial charge < -0.3 is 20.7 Å². The second kappa shape index (κ2) is 8.31. The maximum absolute atomic E-state index is 12.3. The van der Waals surface area contributed by atoms with Gasteiger partial charge in [0.15, 0.2) is 0 Å². The average molecular weight is 402 g/mol. The summed E-state index contributed by atoms with van der Waals surface area (Å²) in [5.41, 5.74) is 2.34. The van der Waals surface area contributed by atoms with Gasteiger partial charge in [0.25, 0.3) is 5.91 Å². The molecule has 2 heterocycles. The Labute approximate surface area is 171 Å². The third-order valence-corrected chi connectivity index (χ3v) is 4.22. The normalized spacial score (nSPS) is 10.4. The maximum Gasteiger partial charge on any atom is 0.323 e. The summed E-state index contributed by atoms with van der Waals surface area (Å²) in [6.07, 6.45) is 3.18. The van der Waals surface area contributed by atoms with E-state index in [1.54, 1.807) is 42.6 Å². The van der Waals surface area contributed by atoms with Crippen molar-refractivity contribution in [2.75, 3.05) is 17.7 Å². The lowest BCUT2D eigenvalue weighted by Gasteiger charge is -2.10. The maximum atomic E-state index is 12.3. The van der Waals surface area contributed by atoms with E-state index in [1.165, 1.54) is 19.3 Å². The molecule has 0 saturated heterocycles. The Morgan fingerprint density at radius 3 is 2.60 bits per heavy atom. The number of carbonyl (C=O) groups is 2. The van der Waals surface area contributed by atoms with E-state index in [9.17, 15) is 9.59 Å². The van der Waals surface area contributed by atoms with Gasteiger partial charge in [-0.25, -0.2) is 4.79 Å². The Hall–Kier alpha value is -4.40. The average Bonchev–Trinajstić information content (AvgIpc) is 3.21. The standard InChI is InChI=1S/C21H18N6O3/c1-22-20(28)19-11-17(7-8-23-19)30-16-4-2-3-14(10-16)25-21(29)26-15-5-6-18-13(9-15)12-24-27-18/h2-12H,1H3,(H,22,28)(H,24,27)(H2,25,26,29). The molecule has 0 radical (unpaired) electrons. The number of ether oxygens (including phenoxy) is 1. The minimum absolute atomic E-state index is 0.248. The van der Waals surface area contributed by atoms with Crippen LogP contribution in [0.25, 0.3) is 10.9 Å². The summed E-state index contributed by atoms with van der Waals surface area (Å²) in [6, 6.07) is 15.2. The molecule has 0 aliphatic heterocycles. The van der Waals surface area contributed by atoms with Gasteiger partial charge in [0.2, 0.25) is 0 Å². The first-order valence-electron chi connectivity index (χ1n) is 9.08. The SMILES string of the molecule is CNC(=O)c1cc(Oc2cccc(NC(=O)Nc3ccc4[nH]ncc4c3)c2)ccn1. The van der Waals surface area contributed by atoms with Crippen molar-refractivity contribution < 1.29 is 14.3 Å². The van der Waals surface area contributed by atoms with Crippen molar-refractivity contribution in [1.29, 1.82) is 0 Å². The molecule has 0 atom stereocenters. The first-order chi connectivity index (χ1) is 14.6. The summed E-state index contributed by atoms with van der Waals surface area (Å²) in [7, 11) is 1.53. The summed E-state index contributed by atoms with van der Waals surface area (Å²) in [5, 5.41) is 15.8. The van der Waals surface area contributed by atoms with E-state index in [2.05, 4.69) is 31.1 Å². The Morgan fingerprint density at radius 1 is 0.967 bits per heavy atom. The van der Waals surface area contributed by atoms with Crippen molar-refractivity contribution in [2.45, 2.75) is 0 Å². The van der Waals surface area contributed by atoms with Crippen LogP contribution in [0.3, 0.4) is 0 Å². The minimum Gasteiger partial charge on any atom is -0.457 e. The molecule has 30 heavy (non-hydrogen) atoms. The van der Waals surface area contributed by atoms with Crippen LogP contribution in [0.1, 0.15) is 10.5 Å². The third kappa shape index (κ3) is 4.36. The summed E-state index contributed by atoms with van der Waals surface area (Å²) < 4.78 is 5.79. The predicted molar refractivity (Wildman–Crippen MR) is 113 cm³/mol. The van der Waals surface area contributed by atoms with Crippen molar-refractivity contribution in [3.05, 3.63) is 72.7 Å². The molecule has 150 valence electrons. The topological polar surface area (TPSA) is 121 Å². The second-order valence-electron chi connectivity index (χ2n) is 6.34. The fourth-order valence-electron chi connectivity index (χ4n) is 2.81. The molecule has 9 heteroatoms. The largest absolute Gasteiger partial charge is 0.457 e. The predicted octanol–water partition coefficient (Wildman–Crippen LogP) is 3.75. The Balaban J connectivity index is 1.42. The number of anilines is 2. The monoisotopic (exact) mass is 402 g/mol. The molecule has 0 unspecified atom stereocenters. The highest BCUT2D eigenvalue weighted by Gasteiger charge is 2.08. The van der Waals surface area contributed by atoms with E-state index in [-0.39, 0.29) is 17.6 Å². The first kappa shape index (κ1) is 18.9. The van der Waals surface area contributed by atoms with Crippen molar-refractivity contribution in [3.63, 3.8) is 0 Å². The summed E-state index contributed by atoms with van der Waals surface area (Å²) in [6.45, 7) is 0. The molecule has 0 saturated carbocycles. The van der Waals surface area contributed by atoms with E-state index < -0.39 is 0 Å². The van der Waals surface area contributed by atoms with Crippen molar-refractivity contribution in [3.8, 4) is 11.5 Å². The van der Waals surface area contributed by atoms with Crippen LogP contribution in [0.5, 0.6) is 11.5 Å². The number of H-pyrrole nitrogens is 1. The number of urea groups is 1. The molecule has 4 rings (SSSR count). The third-order valence-electron chi connectivity index (χ3n) is 4.22. The van der Waals surface area contributed by atoms with E-state index in [4.69, 9.17) is 4.74 Å². The molecule has 2 aromatic heterocycles. The number of benzene rings is 2. The van der Waals surface area contributed by atoms with Crippen molar-refractivity contribution in [2.24, 2.45) is 0 Å². The highest BCUT2D eigenvalue weighted by Crippen LogP contribution is 2.24. The number of nitrogens with one attached hydrogen (secondary N) is 4. The summed E-state index contributed by atoms with van der Waals surface area (Å²) in [4.78, 5) is 28.1. The van der Waals surface area contributed by atoms with Crippen LogP contribution in [0.4, 0.5) is 16.2 Å². The fourth-order valence-corrected chi connectivity index (χ4v) is 2.81. The van der Waals surface area contributed by atoms with Crippen LogP contribution >= 0.6 is 0 Å². The van der Waals surface area contributed by atoms with Crippen LogP contribution in [-0.4, -0.2) is 34.2 Å². The molecule has 2 aromatic carbocycles. The summed E-state index contributed by atoms with van der Waals surface area (Å²) in [5.74, 6) is 0.654. The smallest absolute Gasteiger partial charge is 0.323 e. The number of amides is 3. The lowest BCUT2D eigenvalue weighted by molar-refractivity contribution is 0.0958. The molecule has 4 aromatic rings. The summed E-state index contributed by atoms with van der Waals surface area (Å²) >= 11 is 0. The number of pyridine rings is 1. The zero-order chi connectivity index (χ0) is 20.9. The molecule has 4 N–H and O–H groups in total. The molecular formula is C21H18N6O3. The minimum atomic E-state index is -0.388. The van der Waals surface area contributed by atoms with E-state index in [0.29, 0.717) is 22.9 Å². The highest BCUT2D eigenvalue weighted by molar-refractivity contribution is 6.01. The van der Waals surface area contributed by atoms with Crippen molar-refractivity contribution >= 4 is 34.2 Å². The number of hydrogen-bond acceptors (Lipinski definition) is 5. The van der Waals surface area contributed by atoms with Crippen LogP contribution in [0.2, 0.25) is 0 Å². The number of rotatable bonds is 5.